The van der Waals surface area contributed by atoms with Crippen molar-refractivity contribution in [3.8, 4) is 11.3 Å². The molecule has 4 N–H and O–H groups in total. The quantitative estimate of drug-likeness (QED) is 0.391. The molecule has 1 amide bonds. The molecule has 0 bridgehead atoms. The van der Waals surface area contributed by atoms with Gasteiger partial charge in [-0.1, -0.05) is 31.9 Å². The summed E-state index contributed by atoms with van der Waals surface area (Å²) in [4.78, 5) is 29.6. The first-order valence-electron chi connectivity index (χ1n) is 10.6. The van der Waals surface area contributed by atoms with Crippen LogP contribution < -0.4 is 16.4 Å². The van der Waals surface area contributed by atoms with Crippen LogP contribution in [0.4, 0.5) is 11.6 Å². The van der Waals surface area contributed by atoms with Crippen LogP contribution in [-0.2, 0) is 0 Å². The number of nitrogens with one attached hydrogen (secondary N) is 2. The molecule has 0 saturated heterocycles. The number of imidazole rings is 1. The van der Waals surface area contributed by atoms with E-state index in [1.807, 2.05) is 29.8 Å². The first kappa shape index (κ1) is 21.4. The molecule has 3 heterocycles. The number of carbonyl (C=O) groups is 1. The van der Waals surface area contributed by atoms with E-state index in [9.17, 15) is 4.79 Å². The van der Waals surface area contributed by atoms with E-state index in [2.05, 4.69) is 32.5 Å². The Morgan fingerprint density at radius 2 is 1.97 bits per heavy atom. The van der Waals surface area contributed by atoms with Crippen molar-refractivity contribution in [3.05, 3.63) is 66.6 Å². The third kappa shape index (κ3) is 4.28. The minimum absolute atomic E-state index is 0.0934. The second-order valence-electron chi connectivity index (χ2n) is 7.46. The Bertz CT molecular complexity index is 1200. The fourth-order valence-corrected chi connectivity index (χ4v) is 3.68. The monoisotopic (exact) mass is 430 g/mol. The first-order valence-corrected chi connectivity index (χ1v) is 10.6. The van der Waals surface area contributed by atoms with Gasteiger partial charge >= 0.3 is 0 Å². The predicted molar refractivity (Wildman–Crippen MR) is 124 cm³/mol. The minimum atomic E-state index is -0.248. The van der Waals surface area contributed by atoms with Gasteiger partial charge < -0.3 is 16.4 Å². The molecule has 0 spiro atoms. The van der Waals surface area contributed by atoms with Crippen LogP contribution in [0.25, 0.3) is 16.8 Å². The highest BCUT2D eigenvalue weighted by Crippen LogP contribution is 2.31. The van der Waals surface area contributed by atoms with E-state index in [0.29, 0.717) is 17.2 Å². The Kier molecular flexibility index (Phi) is 6.37. The lowest BCUT2D eigenvalue weighted by molar-refractivity contribution is 0.102. The summed E-state index contributed by atoms with van der Waals surface area (Å²) in [6, 6.07) is 8.99. The molecule has 0 aliphatic carbocycles. The van der Waals surface area contributed by atoms with Crippen molar-refractivity contribution < 1.29 is 4.79 Å². The molecule has 4 rings (SSSR count). The van der Waals surface area contributed by atoms with Gasteiger partial charge in [-0.2, -0.15) is 0 Å². The zero-order valence-electron chi connectivity index (χ0n) is 18.1. The highest BCUT2D eigenvalue weighted by Gasteiger charge is 2.21. The van der Waals surface area contributed by atoms with Crippen molar-refractivity contribution in [1.82, 2.24) is 29.7 Å². The molecule has 0 unspecified atom stereocenters. The third-order valence-corrected chi connectivity index (χ3v) is 5.36. The number of fused-ring (bicyclic) bond motifs is 1. The molecule has 164 valence electrons. The summed E-state index contributed by atoms with van der Waals surface area (Å²) in [5.41, 5.74) is 9.12. The lowest BCUT2D eigenvalue weighted by atomic mass is 10.1. The Morgan fingerprint density at radius 1 is 1.16 bits per heavy atom. The van der Waals surface area contributed by atoms with E-state index < -0.39 is 0 Å². The number of aromatic nitrogens is 5. The number of nitrogens with zero attached hydrogens (tertiary/aromatic N) is 5. The molecule has 3 aromatic heterocycles. The summed E-state index contributed by atoms with van der Waals surface area (Å²) in [5.74, 6) is 1.51. The Labute approximate surface area is 186 Å². The Balaban J connectivity index is 1.68. The lowest BCUT2D eigenvalue weighted by Crippen LogP contribution is -2.19. The number of amides is 1. The van der Waals surface area contributed by atoms with Gasteiger partial charge in [-0.05, 0) is 31.7 Å². The van der Waals surface area contributed by atoms with Gasteiger partial charge in [0.05, 0.1) is 6.04 Å². The van der Waals surface area contributed by atoms with Gasteiger partial charge in [0.2, 0.25) is 0 Å². The van der Waals surface area contributed by atoms with Gasteiger partial charge in [0.1, 0.15) is 35.0 Å². The summed E-state index contributed by atoms with van der Waals surface area (Å²) in [7, 11) is 1.94. The van der Waals surface area contributed by atoms with Gasteiger partial charge in [-0.3, -0.25) is 9.20 Å². The first-order chi connectivity index (χ1) is 15.6. The molecular formula is C23H26N8O. The highest BCUT2D eigenvalue weighted by molar-refractivity contribution is 6.04. The minimum Gasteiger partial charge on any atom is -0.382 e. The van der Waals surface area contributed by atoms with E-state index in [0.717, 1.165) is 41.9 Å². The molecule has 0 aliphatic rings. The molecule has 0 aliphatic heterocycles. The normalized spacial score (nSPS) is 12.1. The molecule has 0 radical (unpaired) electrons. The average molecular weight is 431 g/mol. The van der Waals surface area contributed by atoms with Gasteiger partial charge in [0.25, 0.3) is 5.91 Å². The molecule has 9 heteroatoms. The van der Waals surface area contributed by atoms with Crippen LogP contribution in [0, 0.1) is 0 Å². The molecule has 4 aromatic rings. The Hall–Kier alpha value is -3.85. The van der Waals surface area contributed by atoms with E-state index in [4.69, 9.17) is 10.7 Å². The molecule has 1 atom stereocenters. The second-order valence-corrected chi connectivity index (χ2v) is 7.46. The Morgan fingerprint density at radius 3 is 2.66 bits per heavy atom. The van der Waals surface area contributed by atoms with Gasteiger partial charge in [0, 0.05) is 29.7 Å². The van der Waals surface area contributed by atoms with E-state index >= 15 is 0 Å². The maximum Gasteiger partial charge on any atom is 0.256 e. The number of carbonyl (C=O) groups excluding carboxylic acids is 1. The maximum atomic E-state index is 12.5. The van der Waals surface area contributed by atoms with Crippen molar-refractivity contribution >= 4 is 23.1 Å². The smallest absolute Gasteiger partial charge is 0.256 e. The number of benzene rings is 1. The van der Waals surface area contributed by atoms with Crippen LogP contribution >= 0.6 is 0 Å². The van der Waals surface area contributed by atoms with Gasteiger partial charge in [-0.15, -0.1) is 0 Å². The molecule has 1 aromatic carbocycles. The van der Waals surface area contributed by atoms with Crippen molar-refractivity contribution in [2.45, 2.75) is 32.2 Å². The van der Waals surface area contributed by atoms with Gasteiger partial charge in [-0.25, -0.2) is 19.9 Å². The van der Waals surface area contributed by atoms with E-state index in [-0.39, 0.29) is 11.9 Å². The van der Waals surface area contributed by atoms with E-state index in [1.165, 1.54) is 6.33 Å². The number of nitrogens with two attached hydrogens (primary N) is 1. The molecular weight excluding hydrogens is 404 g/mol. The van der Waals surface area contributed by atoms with Crippen LogP contribution in [0.5, 0.6) is 0 Å². The van der Waals surface area contributed by atoms with Crippen LogP contribution in [0.2, 0.25) is 0 Å². The summed E-state index contributed by atoms with van der Waals surface area (Å²) in [6.45, 7) is 2.17. The van der Waals surface area contributed by atoms with E-state index in [1.54, 1.807) is 30.6 Å². The summed E-state index contributed by atoms with van der Waals surface area (Å²) < 4.78 is 2.00. The number of rotatable bonds is 8. The maximum absolute atomic E-state index is 12.5. The van der Waals surface area contributed by atoms with Crippen LogP contribution in [0.1, 0.15) is 48.4 Å². The summed E-state index contributed by atoms with van der Waals surface area (Å²) >= 11 is 0. The highest BCUT2D eigenvalue weighted by atomic mass is 16.1. The van der Waals surface area contributed by atoms with Crippen molar-refractivity contribution in [3.63, 3.8) is 0 Å². The van der Waals surface area contributed by atoms with Crippen molar-refractivity contribution in [1.29, 1.82) is 0 Å². The number of hydrogen-bond acceptors (Lipinski definition) is 7. The molecule has 0 fully saturated rings. The topological polar surface area (TPSA) is 123 Å². The zero-order valence-corrected chi connectivity index (χ0v) is 18.1. The van der Waals surface area contributed by atoms with Crippen LogP contribution in [0.3, 0.4) is 0 Å². The number of unbranched alkanes of at least 4 members (excludes halogenated alkanes) is 1. The standard InChI is InChI=1S/C23H26N8O/c1-3-4-5-17(25-2)22-30-19(20-21(24)27-12-13-31(20)22)15-6-8-16(9-7-15)23(32)29-18-10-11-26-14-28-18/h6-14,17,25H,3-5H2,1-2H3,(H2,24,27)(H,26,28,29,32)/t17-/m0/s1. The average Bonchev–Trinajstić information content (AvgIpc) is 3.21. The zero-order chi connectivity index (χ0) is 22.5. The number of hydrogen-bond donors (Lipinski definition) is 3. The fourth-order valence-electron chi connectivity index (χ4n) is 3.68. The van der Waals surface area contributed by atoms with Crippen LogP contribution in [0.15, 0.2) is 55.2 Å². The van der Waals surface area contributed by atoms with Crippen molar-refractivity contribution in [2.75, 3.05) is 18.1 Å². The third-order valence-electron chi connectivity index (χ3n) is 5.36. The van der Waals surface area contributed by atoms with Crippen molar-refractivity contribution in [2.24, 2.45) is 0 Å². The summed E-state index contributed by atoms with van der Waals surface area (Å²) in [6.07, 6.45) is 9.70. The van der Waals surface area contributed by atoms with Crippen LogP contribution in [-0.4, -0.2) is 37.3 Å². The number of nitrogen functional groups attached to an aromatic ring is 1. The largest absolute Gasteiger partial charge is 0.382 e. The van der Waals surface area contributed by atoms with Gasteiger partial charge in [0.15, 0.2) is 0 Å². The number of anilines is 2. The lowest BCUT2D eigenvalue weighted by Gasteiger charge is -2.14. The molecule has 32 heavy (non-hydrogen) atoms. The second kappa shape index (κ2) is 9.52. The summed E-state index contributed by atoms with van der Waals surface area (Å²) in [5, 5.41) is 6.12. The molecule has 9 nitrogen and oxygen atoms in total. The fraction of sp³-hybridized carbons (Fsp3) is 0.261. The molecule has 0 saturated carbocycles. The predicted octanol–water partition coefficient (Wildman–Crippen LogP) is 3.47. The SMILES string of the molecule is CCCC[C@H](NC)c1nc(-c2ccc(C(=O)Nc3ccncn3)cc2)c2c(N)nccn12.